The van der Waals surface area contributed by atoms with Crippen molar-refractivity contribution >= 4 is 53.2 Å². The number of benzene rings is 9. The zero-order chi connectivity index (χ0) is 82.4. The van der Waals surface area contributed by atoms with Crippen molar-refractivity contribution in [3.8, 4) is 0 Å². The summed E-state index contributed by atoms with van der Waals surface area (Å²) in [7, 11) is 0. The molecule has 0 spiro atoms. The van der Waals surface area contributed by atoms with E-state index < -0.39 is 195 Å². The lowest BCUT2D eigenvalue weighted by molar-refractivity contribution is -0.152. The van der Waals surface area contributed by atoms with Crippen LogP contribution in [0.1, 0.15) is 167 Å². The van der Waals surface area contributed by atoms with Crippen LogP contribution in [0.5, 0.6) is 0 Å². The Hall–Kier alpha value is -12.2. The number of nitrogens with two attached hydrogens (primary N) is 1. The van der Waals surface area contributed by atoms with Crippen molar-refractivity contribution < 1.29 is 65.1 Å². The molecule has 0 aliphatic carbocycles. The largest absolute Gasteiger partial charge is 0.368 e. The summed E-state index contributed by atoms with van der Waals surface area (Å²) in [4.78, 5) is 147. The first kappa shape index (κ1) is 85.8. The van der Waals surface area contributed by atoms with Crippen LogP contribution in [0.25, 0.3) is 0 Å². The van der Waals surface area contributed by atoms with Crippen molar-refractivity contribution in [3.05, 3.63) is 322 Å². The second-order valence-corrected chi connectivity index (χ2v) is 28.4. The Kier molecular flexibility index (Phi) is 30.4. The second-order valence-electron chi connectivity index (χ2n) is 28.4. The van der Waals surface area contributed by atoms with Crippen molar-refractivity contribution in [2.75, 3.05) is 58.9 Å². The average Bonchev–Trinajstić information content (AvgIpc) is 0.772. The normalized spacial score (nSPS) is 13.6. The van der Waals surface area contributed by atoms with Gasteiger partial charge in [-0.15, -0.1) is 0 Å². The van der Waals surface area contributed by atoms with Gasteiger partial charge in [-0.05, 0) is 107 Å². The molecule has 0 radical (unpaired) electrons. The van der Waals surface area contributed by atoms with Crippen LogP contribution in [0.4, 0.5) is 22.0 Å². The third kappa shape index (κ3) is 21.5. The summed E-state index contributed by atoms with van der Waals surface area (Å²) < 4.78 is 78.4. The van der Waals surface area contributed by atoms with Crippen LogP contribution in [0.2, 0.25) is 0 Å². The number of carbonyl (C=O) groups is 9. The number of amides is 9. The molecule has 0 fully saturated rings. The van der Waals surface area contributed by atoms with Gasteiger partial charge >= 0.3 is 0 Å². The van der Waals surface area contributed by atoms with Crippen LogP contribution in [-0.2, 0) is 43.2 Å². The van der Waals surface area contributed by atoms with Gasteiger partial charge in [-0.1, -0.05) is 243 Å². The van der Waals surface area contributed by atoms with Crippen LogP contribution >= 0.6 is 0 Å². The van der Waals surface area contributed by atoms with Crippen LogP contribution in [0.3, 0.4) is 0 Å². The molecule has 0 saturated carbocycles. The molecule has 0 unspecified atom stereocenters. The number of primary amides is 1. The lowest BCUT2D eigenvalue weighted by atomic mass is 10.0. The van der Waals surface area contributed by atoms with Gasteiger partial charge in [-0.3, -0.25) is 43.2 Å². The number of nitrogens with one attached hydrogen (secondary N) is 1. The first-order valence-electron chi connectivity index (χ1n) is 37.9. The van der Waals surface area contributed by atoms with E-state index in [4.69, 9.17) is 5.73 Å². The van der Waals surface area contributed by atoms with Gasteiger partial charge in [0.2, 0.25) is 59.0 Å². The molecule has 19 nitrogen and oxygen atoms in total. The molecular weight excluding hydrogens is 1460 g/mol. The maximum atomic E-state index is 16.3. The van der Waals surface area contributed by atoms with Crippen molar-refractivity contribution in [2.24, 2.45) is 5.73 Å². The third-order valence-electron chi connectivity index (χ3n) is 21.3. The van der Waals surface area contributed by atoms with Crippen molar-refractivity contribution in [3.63, 3.8) is 0 Å². The van der Waals surface area contributed by atoms with Gasteiger partial charge < -0.3 is 50.2 Å². The minimum atomic E-state index is -2.48. The fourth-order valence-corrected chi connectivity index (χ4v) is 14.1. The molecule has 0 aliphatic heterocycles. The number of nitrogens with zero attached hydrogens (tertiary/aromatic N) is 8. The van der Waals surface area contributed by atoms with Gasteiger partial charge in [0, 0.05) is 6.04 Å². The SMILES string of the molecule is C[C@H](NCC(=O)N(CC(=O)N(CC(=O)N(CC(=O)N(CC(=O)N(CC(=O)N(CC(=O)N(CC(=O)N(CC(N)=O)[C@@H](C)c1ccccc1)[C@@H](C)c1ccccc1)[C@@H](C)c1ccccc1)[C@@H](C)c1ccccc1)[C@@H](C)c1ccccc1)[C@@H](C)c1ccccc1)[C@@H](C)c1c(F)c(F)c(F)c(F)c1F)[C@@H](C)c1ccccc1)c1ccccc1. The predicted molar refractivity (Wildman–Crippen MR) is 424 cm³/mol. The maximum Gasteiger partial charge on any atom is 0.243 e. The van der Waals surface area contributed by atoms with E-state index in [1.807, 2.05) is 43.3 Å². The average molecular weight is 1560 g/mol. The van der Waals surface area contributed by atoms with Gasteiger partial charge in [0.1, 0.15) is 45.8 Å². The Labute approximate surface area is 662 Å². The zero-order valence-corrected chi connectivity index (χ0v) is 65.4. The second kappa shape index (κ2) is 40.3. The first-order valence-corrected chi connectivity index (χ1v) is 37.9. The van der Waals surface area contributed by atoms with E-state index in [2.05, 4.69) is 5.32 Å². The van der Waals surface area contributed by atoms with Crippen molar-refractivity contribution in [2.45, 2.75) is 117 Å². The number of hydrogen-bond acceptors (Lipinski definition) is 10. The van der Waals surface area contributed by atoms with E-state index in [1.54, 1.807) is 255 Å². The molecule has 0 aromatic heterocycles. The smallest absolute Gasteiger partial charge is 0.243 e. The lowest BCUT2D eigenvalue weighted by Gasteiger charge is -2.39. The van der Waals surface area contributed by atoms with E-state index in [0.29, 0.717) is 43.8 Å². The summed E-state index contributed by atoms with van der Waals surface area (Å²) in [5, 5.41) is 3.17. The highest BCUT2D eigenvalue weighted by Gasteiger charge is 2.41. The summed E-state index contributed by atoms with van der Waals surface area (Å²) in [5.74, 6) is -19.1. The summed E-state index contributed by atoms with van der Waals surface area (Å²) in [6, 6.07) is 61.2. The van der Waals surface area contributed by atoms with Crippen LogP contribution in [0.15, 0.2) is 243 Å². The maximum absolute atomic E-state index is 16.3. The monoisotopic (exact) mass is 1560 g/mol. The van der Waals surface area contributed by atoms with Crippen LogP contribution in [0, 0.1) is 29.1 Å². The molecule has 114 heavy (non-hydrogen) atoms. The van der Waals surface area contributed by atoms with E-state index in [9.17, 15) is 18.8 Å². The number of rotatable bonds is 36. The summed E-state index contributed by atoms with van der Waals surface area (Å²) in [6.45, 7) is 7.93. The van der Waals surface area contributed by atoms with Gasteiger partial charge in [-0.2, -0.15) is 0 Å². The van der Waals surface area contributed by atoms with Gasteiger partial charge in [0.05, 0.1) is 67.0 Å². The molecule has 9 atom stereocenters. The van der Waals surface area contributed by atoms with Crippen molar-refractivity contribution in [1.29, 1.82) is 0 Å². The minimum Gasteiger partial charge on any atom is -0.368 e. The number of carbonyl (C=O) groups excluding carboxylic acids is 9. The molecule has 0 heterocycles. The molecule has 0 bridgehead atoms. The Bertz CT molecular complexity index is 4720. The Balaban J connectivity index is 1.09. The molecule has 9 aromatic carbocycles. The van der Waals surface area contributed by atoms with Crippen molar-refractivity contribution in [1.82, 2.24) is 44.5 Å². The first-order chi connectivity index (χ1) is 54.6. The molecule has 3 N–H and O–H groups in total. The summed E-state index contributed by atoms with van der Waals surface area (Å²) >= 11 is 0. The molecule has 9 rings (SSSR count). The fraction of sp³-hybridized carbons (Fsp3) is 0.300. The highest BCUT2D eigenvalue weighted by atomic mass is 19.2. The van der Waals surface area contributed by atoms with E-state index in [0.717, 1.165) is 17.4 Å². The predicted octanol–water partition coefficient (Wildman–Crippen LogP) is 14.2. The molecule has 0 saturated heterocycles. The summed E-state index contributed by atoms with van der Waals surface area (Å²) in [6.07, 6.45) is 0. The number of halogens is 5. The molecule has 9 amide bonds. The quantitative estimate of drug-likeness (QED) is 0.0215. The van der Waals surface area contributed by atoms with E-state index in [1.165, 1.54) is 29.4 Å². The standard InChI is InChI=1S/C90H97F5N10O9/c1-59(68-34-18-10-19-35-68)97-50-77(107)99(61(3)70-38-22-12-23-39-70)52-84(114)105(67(9)85-86(91)88(93)90(95)89(94)87(85)92)58-83(113)104(66(8)75-48-32-17-33-49-75)57-82(112)103(65(7)74-46-30-16-31-47-74)56-81(111)102(64(6)73-44-28-15-29-45-73)55-80(110)101(63(5)72-42-26-14-27-43-72)54-79(109)100(62(4)71-40-24-13-25-41-71)53-78(108)98(51-76(96)106)60(2)69-36-20-11-21-37-69/h10-49,59-67,97H,50-58H2,1-9H3,(H2,96,106)/t59-,60-,61-,62-,63-,64-,65-,66-,67-/m0/s1. The molecule has 596 valence electrons. The molecule has 24 heteroatoms. The van der Waals surface area contributed by atoms with Gasteiger partial charge in [0.25, 0.3) is 0 Å². The van der Waals surface area contributed by atoms with E-state index in [-0.39, 0.29) is 6.54 Å². The van der Waals surface area contributed by atoms with Crippen LogP contribution < -0.4 is 11.1 Å². The Morgan fingerprint density at radius 2 is 0.412 bits per heavy atom. The molecule has 9 aromatic rings. The molecular formula is C90H97F5N10O9. The Morgan fingerprint density at radius 3 is 0.614 bits per heavy atom. The molecule has 0 aliphatic rings. The summed E-state index contributed by atoms with van der Waals surface area (Å²) in [5.41, 5.74) is 9.10. The Morgan fingerprint density at radius 1 is 0.246 bits per heavy atom. The van der Waals surface area contributed by atoms with Gasteiger partial charge in [-0.25, -0.2) is 22.0 Å². The topological polar surface area (TPSA) is 218 Å². The minimum absolute atomic E-state index is 0.362. The lowest BCUT2D eigenvalue weighted by Crippen LogP contribution is -2.53. The third-order valence-corrected chi connectivity index (χ3v) is 21.3. The number of hydrogen-bond donors (Lipinski definition) is 2. The van der Waals surface area contributed by atoms with Crippen LogP contribution in [-0.4, -0.2) is 151 Å². The van der Waals surface area contributed by atoms with Gasteiger partial charge in [0.15, 0.2) is 23.3 Å². The highest BCUT2D eigenvalue weighted by Crippen LogP contribution is 2.35. The zero-order valence-electron chi connectivity index (χ0n) is 65.4. The van der Waals surface area contributed by atoms with E-state index >= 15 is 46.3 Å². The highest BCUT2D eigenvalue weighted by molar-refractivity contribution is 5.95. The fourth-order valence-electron chi connectivity index (χ4n) is 14.1.